The van der Waals surface area contributed by atoms with Gasteiger partial charge in [-0.05, 0) is 92.8 Å². The highest BCUT2D eigenvalue weighted by molar-refractivity contribution is 5.09. The smallest absolute Gasteiger partial charge is 0.0661 e. The van der Waals surface area contributed by atoms with Crippen molar-refractivity contribution >= 4 is 0 Å². The fraction of sp³-hybridized carbons (Fsp3) is 0.947. The van der Waals surface area contributed by atoms with E-state index in [-0.39, 0.29) is 6.10 Å². The zero-order chi connectivity index (χ0) is 14.6. The van der Waals surface area contributed by atoms with Crippen LogP contribution in [0.5, 0.6) is 0 Å². The molecule has 4 rings (SSSR count). The molecule has 5 unspecified atom stereocenters. The summed E-state index contributed by atoms with van der Waals surface area (Å²) >= 11 is 0. The third-order valence-corrected chi connectivity index (χ3v) is 8.02. The Hall–Kier alpha value is -0.550. The van der Waals surface area contributed by atoms with Gasteiger partial charge in [0.15, 0.2) is 0 Å². The van der Waals surface area contributed by atoms with Crippen molar-refractivity contribution in [3.63, 3.8) is 0 Å². The molecule has 21 heavy (non-hydrogen) atoms. The minimum Gasteiger partial charge on any atom is -0.393 e. The van der Waals surface area contributed by atoms with Gasteiger partial charge < -0.3 is 5.11 Å². The molecule has 0 radical (unpaired) electrons. The van der Waals surface area contributed by atoms with Gasteiger partial charge in [-0.25, -0.2) is 0 Å². The number of rotatable bonds is 0. The summed E-state index contributed by atoms with van der Waals surface area (Å²) in [5.41, 5.74) is 0.316. The third kappa shape index (κ3) is 2.07. The maximum Gasteiger partial charge on any atom is 0.0661 e. The summed E-state index contributed by atoms with van der Waals surface area (Å²) in [6.45, 7) is 2.42. The number of nitrogens with zero attached hydrogens (tertiary/aromatic N) is 1. The second-order valence-corrected chi connectivity index (χ2v) is 8.79. The van der Waals surface area contributed by atoms with Crippen molar-refractivity contribution in [3.05, 3.63) is 0 Å². The van der Waals surface area contributed by atoms with Crippen LogP contribution in [0.4, 0.5) is 0 Å². The lowest BCUT2D eigenvalue weighted by Gasteiger charge is -2.54. The van der Waals surface area contributed by atoms with Gasteiger partial charge in [0.1, 0.15) is 0 Å². The Morgan fingerprint density at radius 3 is 2.57 bits per heavy atom. The molecule has 8 atom stereocenters. The molecule has 0 heterocycles. The molecule has 4 aliphatic carbocycles. The highest BCUT2D eigenvalue weighted by Gasteiger charge is 2.55. The van der Waals surface area contributed by atoms with E-state index in [2.05, 4.69) is 13.0 Å². The van der Waals surface area contributed by atoms with Crippen LogP contribution >= 0.6 is 0 Å². The Kier molecular flexibility index (Phi) is 3.34. The predicted octanol–water partition coefficient (Wildman–Crippen LogP) is 4.14. The molecule has 2 nitrogen and oxygen atoms in total. The van der Waals surface area contributed by atoms with Crippen LogP contribution in [0.2, 0.25) is 0 Å². The summed E-state index contributed by atoms with van der Waals surface area (Å²) in [4.78, 5) is 0. The fourth-order valence-corrected chi connectivity index (χ4v) is 6.88. The fourth-order valence-electron chi connectivity index (χ4n) is 6.88. The average Bonchev–Trinajstić information content (AvgIpc) is 2.80. The molecule has 2 heteroatoms. The highest BCUT2D eigenvalue weighted by Crippen LogP contribution is 2.63. The molecule has 4 fully saturated rings. The molecule has 0 spiro atoms. The quantitative estimate of drug-likeness (QED) is 0.727. The lowest BCUT2D eigenvalue weighted by molar-refractivity contribution is -0.0630. The van der Waals surface area contributed by atoms with Gasteiger partial charge in [-0.1, -0.05) is 6.92 Å². The van der Waals surface area contributed by atoms with Crippen molar-refractivity contribution in [2.75, 3.05) is 0 Å². The first kappa shape index (κ1) is 14.1. The molecule has 1 N–H and O–H groups in total. The third-order valence-electron chi connectivity index (χ3n) is 8.02. The average molecular weight is 287 g/mol. The maximum absolute atomic E-state index is 9.97. The van der Waals surface area contributed by atoms with Crippen LogP contribution in [0.15, 0.2) is 0 Å². The summed E-state index contributed by atoms with van der Waals surface area (Å²) in [5.74, 6) is 4.58. The second-order valence-electron chi connectivity index (χ2n) is 8.79. The van der Waals surface area contributed by atoms with Crippen LogP contribution in [-0.2, 0) is 0 Å². The van der Waals surface area contributed by atoms with Crippen molar-refractivity contribution < 1.29 is 5.11 Å². The van der Waals surface area contributed by atoms with Crippen molar-refractivity contribution in [2.45, 2.75) is 70.8 Å². The van der Waals surface area contributed by atoms with Crippen LogP contribution in [0, 0.1) is 52.3 Å². The Bertz CT molecular complexity index is 455. The second kappa shape index (κ2) is 4.98. The molecule has 0 saturated heterocycles. The lowest BCUT2D eigenvalue weighted by atomic mass is 9.50. The van der Waals surface area contributed by atoms with E-state index >= 15 is 0 Å². The molecule has 4 saturated carbocycles. The number of hydrogen-bond donors (Lipinski definition) is 1. The van der Waals surface area contributed by atoms with E-state index in [1.165, 1.54) is 38.5 Å². The zero-order valence-electron chi connectivity index (χ0n) is 13.3. The highest BCUT2D eigenvalue weighted by atomic mass is 16.3. The minimum atomic E-state index is -0.0221. The normalized spacial score (nSPS) is 56.0. The van der Waals surface area contributed by atoms with Crippen molar-refractivity contribution in [1.82, 2.24) is 0 Å². The zero-order valence-corrected chi connectivity index (χ0v) is 13.3. The van der Waals surface area contributed by atoms with E-state index in [1.807, 2.05) is 0 Å². The van der Waals surface area contributed by atoms with E-state index in [9.17, 15) is 10.4 Å². The molecule has 0 bridgehead atoms. The van der Waals surface area contributed by atoms with Gasteiger partial charge in [0.2, 0.25) is 0 Å². The number of aliphatic hydroxyl groups is 1. The monoisotopic (exact) mass is 287 g/mol. The molecule has 0 aromatic heterocycles. The van der Waals surface area contributed by atoms with Crippen LogP contribution in [0.25, 0.3) is 0 Å². The van der Waals surface area contributed by atoms with Gasteiger partial charge in [0.25, 0.3) is 0 Å². The summed E-state index contributed by atoms with van der Waals surface area (Å²) in [6.07, 6.45) is 11.2. The maximum atomic E-state index is 9.97. The number of nitriles is 1. The first-order valence-corrected chi connectivity index (χ1v) is 9.19. The van der Waals surface area contributed by atoms with E-state index in [0.29, 0.717) is 11.3 Å². The lowest BCUT2D eigenvalue weighted by Crippen LogP contribution is -2.47. The summed E-state index contributed by atoms with van der Waals surface area (Å²) in [6, 6.07) is 2.63. The molecular weight excluding hydrogens is 258 g/mol. The Labute approximate surface area is 128 Å². The standard InChI is InChI=1S/C19H29NO/c1-19-10-13-3-2-12-8-16(21)6-7-17(12)18(13)9-14(19)4-5-15(19)11-20/h12-18,21H,2-10H2,1H3/t12?,13?,14?,15-,16+,17?,18?,19+/m0/s1. The van der Waals surface area contributed by atoms with E-state index in [1.54, 1.807) is 0 Å². The topological polar surface area (TPSA) is 44.0 Å². The predicted molar refractivity (Wildman–Crippen MR) is 82.2 cm³/mol. The van der Waals surface area contributed by atoms with Crippen molar-refractivity contribution in [3.8, 4) is 6.07 Å². The van der Waals surface area contributed by atoms with Gasteiger partial charge in [-0.2, -0.15) is 5.26 Å². The number of hydrogen-bond acceptors (Lipinski definition) is 2. The van der Waals surface area contributed by atoms with Crippen LogP contribution in [0.1, 0.15) is 64.7 Å². The van der Waals surface area contributed by atoms with Crippen LogP contribution < -0.4 is 0 Å². The van der Waals surface area contributed by atoms with Gasteiger partial charge in [0.05, 0.1) is 18.1 Å². The van der Waals surface area contributed by atoms with E-state index in [4.69, 9.17) is 0 Å². The first-order chi connectivity index (χ1) is 10.1. The first-order valence-electron chi connectivity index (χ1n) is 9.19. The van der Waals surface area contributed by atoms with Crippen molar-refractivity contribution in [1.29, 1.82) is 5.26 Å². The minimum absolute atomic E-state index is 0.0221. The van der Waals surface area contributed by atoms with Gasteiger partial charge in [0, 0.05) is 0 Å². The van der Waals surface area contributed by atoms with Crippen LogP contribution in [-0.4, -0.2) is 11.2 Å². The number of fused-ring (bicyclic) bond motifs is 4. The summed E-state index contributed by atoms with van der Waals surface area (Å²) in [7, 11) is 0. The summed E-state index contributed by atoms with van der Waals surface area (Å²) in [5, 5.41) is 19.5. The molecular formula is C19H29NO. The van der Waals surface area contributed by atoms with Gasteiger partial charge in [-0.3, -0.25) is 0 Å². The van der Waals surface area contributed by atoms with E-state index < -0.39 is 0 Å². The molecule has 0 aromatic rings. The molecule has 116 valence electrons. The Morgan fingerprint density at radius 1 is 0.952 bits per heavy atom. The SMILES string of the molecule is C[C@@]12CC3CCC4C[C@H](O)CCC4C3CC1CC[C@H]2C#N. The summed E-state index contributed by atoms with van der Waals surface area (Å²) < 4.78 is 0. The molecule has 0 aromatic carbocycles. The largest absolute Gasteiger partial charge is 0.393 e. The van der Waals surface area contributed by atoms with Gasteiger partial charge in [-0.15, -0.1) is 0 Å². The van der Waals surface area contributed by atoms with Crippen molar-refractivity contribution in [2.24, 2.45) is 40.9 Å². The van der Waals surface area contributed by atoms with Crippen LogP contribution in [0.3, 0.4) is 0 Å². The van der Waals surface area contributed by atoms with E-state index in [0.717, 1.165) is 48.9 Å². The van der Waals surface area contributed by atoms with Gasteiger partial charge >= 0.3 is 0 Å². The Balaban J connectivity index is 1.55. The molecule has 0 aliphatic heterocycles. The molecule has 0 amide bonds. The Morgan fingerprint density at radius 2 is 1.76 bits per heavy atom. The number of aliphatic hydroxyl groups excluding tert-OH is 1. The molecule has 4 aliphatic rings.